The molecule has 0 aliphatic carbocycles. The van der Waals surface area contributed by atoms with Crippen molar-refractivity contribution in [2.75, 3.05) is 0 Å². The van der Waals surface area contributed by atoms with Gasteiger partial charge < -0.3 is 18.6 Å². The van der Waals surface area contributed by atoms with Gasteiger partial charge in [-0.05, 0) is 59.7 Å². The maximum atomic E-state index is 9.27. The van der Waals surface area contributed by atoms with Crippen molar-refractivity contribution < 1.29 is 18.6 Å². The Morgan fingerprint density at radius 1 is 0.615 bits per heavy atom. The molecule has 0 atom stereocenters. The van der Waals surface area contributed by atoms with E-state index in [0.717, 1.165) is 20.9 Å². The zero-order chi connectivity index (χ0) is 18.2. The van der Waals surface area contributed by atoms with Gasteiger partial charge >= 0.3 is 0 Å². The Morgan fingerprint density at radius 2 is 1.04 bits per heavy atom. The van der Waals surface area contributed by atoms with Crippen LogP contribution in [0.15, 0.2) is 82.6 Å². The van der Waals surface area contributed by atoms with Crippen LogP contribution in [0, 0.1) is 0 Å². The highest BCUT2D eigenvalue weighted by Gasteiger charge is 2.01. The van der Waals surface area contributed by atoms with Crippen LogP contribution >= 0.6 is 24.1 Å². The van der Waals surface area contributed by atoms with Crippen LogP contribution in [0.1, 0.15) is 11.1 Å². The molecular formula is C20H18O4S2. The maximum absolute atomic E-state index is 9.27. The summed E-state index contributed by atoms with van der Waals surface area (Å²) in [5.41, 5.74) is 2.12. The minimum Gasteiger partial charge on any atom is -0.508 e. The van der Waals surface area contributed by atoms with Gasteiger partial charge in [0.15, 0.2) is 0 Å². The van der Waals surface area contributed by atoms with Crippen molar-refractivity contribution in [2.24, 2.45) is 0 Å². The maximum Gasteiger partial charge on any atom is 0.115 e. The molecule has 26 heavy (non-hydrogen) atoms. The van der Waals surface area contributed by atoms with Crippen LogP contribution in [0.2, 0.25) is 0 Å². The first-order valence-electron chi connectivity index (χ1n) is 7.94. The van der Waals surface area contributed by atoms with Gasteiger partial charge in [-0.15, -0.1) is 0 Å². The Morgan fingerprint density at radius 3 is 1.46 bits per heavy atom. The molecule has 0 bridgehead atoms. The third kappa shape index (κ3) is 6.00. The van der Waals surface area contributed by atoms with Crippen molar-refractivity contribution in [2.45, 2.75) is 23.0 Å². The van der Waals surface area contributed by atoms with Crippen LogP contribution in [0.25, 0.3) is 0 Å². The average molecular weight is 386 g/mol. The fraction of sp³-hybridized carbons (Fsp3) is 0.100. The standard InChI is InChI=1S/C20H18O4S2/c21-17-4-8-19(9-5-17)25-23-13-15-2-1-3-16(12-15)14-24-26-20-10-6-18(22)7-11-20/h1-12,21-22H,13-14H2. The number of hydrogen-bond acceptors (Lipinski definition) is 6. The summed E-state index contributed by atoms with van der Waals surface area (Å²) >= 11 is 2.56. The van der Waals surface area contributed by atoms with Crippen LogP contribution in [0.4, 0.5) is 0 Å². The Balaban J connectivity index is 1.45. The highest BCUT2D eigenvalue weighted by molar-refractivity contribution is 7.94. The molecule has 4 nitrogen and oxygen atoms in total. The lowest BCUT2D eigenvalue weighted by Gasteiger charge is -2.07. The molecule has 0 saturated carbocycles. The van der Waals surface area contributed by atoms with Crippen molar-refractivity contribution >= 4 is 24.1 Å². The van der Waals surface area contributed by atoms with Crippen molar-refractivity contribution in [3.05, 3.63) is 83.9 Å². The van der Waals surface area contributed by atoms with Crippen molar-refractivity contribution in [3.8, 4) is 11.5 Å². The lowest BCUT2D eigenvalue weighted by atomic mass is 10.1. The van der Waals surface area contributed by atoms with Gasteiger partial charge in [0.25, 0.3) is 0 Å². The van der Waals surface area contributed by atoms with E-state index in [0.29, 0.717) is 13.2 Å². The highest BCUT2D eigenvalue weighted by Crippen LogP contribution is 2.25. The van der Waals surface area contributed by atoms with E-state index in [9.17, 15) is 10.2 Å². The third-order valence-electron chi connectivity index (χ3n) is 3.43. The van der Waals surface area contributed by atoms with Crippen LogP contribution in [0.3, 0.4) is 0 Å². The van der Waals surface area contributed by atoms with E-state index < -0.39 is 0 Å². The predicted octanol–water partition coefficient (Wildman–Crippen LogP) is 5.55. The summed E-state index contributed by atoms with van der Waals surface area (Å²) in [7, 11) is 0. The Labute approximate surface area is 161 Å². The molecule has 0 fully saturated rings. The van der Waals surface area contributed by atoms with Crippen LogP contribution in [-0.2, 0) is 21.6 Å². The lowest BCUT2D eigenvalue weighted by molar-refractivity contribution is 0.356. The summed E-state index contributed by atoms with van der Waals surface area (Å²) in [6, 6.07) is 21.8. The molecular weight excluding hydrogens is 368 g/mol. The molecule has 0 aliphatic rings. The van der Waals surface area contributed by atoms with Gasteiger partial charge in [-0.25, -0.2) is 0 Å². The molecule has 134 valence electrons. The molecule has 3 aromatic rings. The smallest absolute Gasteiger partial charge is 0.115 e. The molecule has 0 aromatic heterocycles. The minimum absolute atomic E-state index is 0.243. The Bertz CT molecular complexity index is 753. The number of aromatic hydroxyl groups is 2. The van der Waals surface area contributed by atoms with E-state index in [1.54, 1.807) is 24.3 Å². The summed E-state index contributed by atoms with van der Waals surface area (Å²) < 4.78 is 11.3. The van der Waals surface area contributed by atoms with E-state index in [1.165, 1.54) is 24.1 Å². The Hall–Kier alpha value is -2.12. The summed E-state index contributed by atoms with van der Waals surface area (Å²) in [6.45, 7) is 0.953. The van der Waals surface area contributed by atoms with Gasteiger partial charge in [0.05, 0.1) is 13.2 Å². The molecule has 0 unspecified atom stereocenters. The van der Waals surface area contributed by atoms with Gasteiger partial charge in [0, 0.05) is 33.9 Å². The molecule has 0 spiro atoms. The summed E-state index contributed by atoms with van der Waals surface area (Å²) in [6.07, 6.45) is 0. The van der Waals surface area contributed by atoms with E-state index in [1.807, 2.05) is 42.5 Å². The topological polar surface area (TPSA) is 58.9 Å². The van der Waals surface area contributed by atoms with Crippen LogP contribution in [-0.4, -0.2) is 10.2 Å². The average Bonchev–Trinajstić information content (AvgIpc) is 2.65. The minimum atomic E-state index is 0.243. The fourth-order valence-electron chi connectivity index (χ4n) is 2.14. The molecule has 0 amide bonds. The normalized spacial score (nSPS) is 10.8. The number of benzene rings is 3. The molecule has 2 N–H and O–H groups in total. The first-order valence-corrected chi connectivity index (χ1v) is 9.42. The molecule has 3 aromatic carbocycles. The van der Waals surface area contributed by atoms with Crippen molar-refractivity contribution in [1.29, 1.82) is 0 Å². The van der Waals surface area contributed by atoms with Gasteiger partial charge in [0.2, 0.25) is 0 Å². The van der Waals surface area contributed by atoms with E-state index in [-0.39, 0.29) is 11.5 Å². The third-order valence-corrected chi connectivity index (χ3v) is 4.83. The van der Waals surface area contributed by atoms with Crippen LogP contribution < -0.4 is 0 Å². The van der Waals surface area contributed by atoms with Gasteiger partial charge in [0.1, 0.15) is 11.5 Å². The summed E-state index contributed by atoms with van der Waals surface area (Å²) in [5.74, 6) is 0.486. The van der Waals surface area contributed by atoms with Crippen LogP contribution in [0.5, 0.6) is 11.5 Å². The molecule has 6 heteroatoms. The number of phenols is 2. The number of rotatable bonds is 8. The first-order chi connectivity index (χ1) is 12.7. The largest absolute Gasteiger partial charge is 0.508 e. The molecule has 0 radical (unpaired) electrons. The second-order valence-electron chi connectivity index (χ2n) is 5.50. The quantitative estimate of drug-likeness (QED) is 0.495. The van der Waals surface area contributed by atoms with Gasteiger partial charge in [-0.3, -0.25) is 0 Å². The highest BCUT2D eigenvalue weighted by atomic mass is 32.2. The lowest BCUT2D eigenvalue weighted by Crippen LogP contribution is -1.91. The molecule has 3 rings (SSSR count). The van der Waals surface area contributed by atoms with Gasteiger partial charge in [-0.2, -0.15) is 0 Å². The Kier molecular flexibility index (Phi) is 6.85. The summed E-state index contributed by atoms with van der Waals surface area (Å²) in [4.78, 5) is 1.88. The second-order valence-corrected chi connectivity index (χ2v) is 7.25. The number of hydrogen-bond donors (Lipinski definition) is 2. The fourth-order valence-corrected chi connectivity index (χ4v) is 3.30. The molecule has 0 saturated heterocycles. The van der Waals surface area contributed by atoms with Crippen molar-refractivity contribution in [3.63, 3.8) is 0 Å². The van der Waals surface area contributed by atoms with E-state index in [2.05, 4.69) is 6.07 Å². The zero-order valence-electron chi connectivity index (χ0n) is 13.9. The second kappa shape index (κ2) is 9.54. The van der Waals surface area contributed by atoms with Gasteiger partial charge in [-0.1, -0.05) is 24.3 Å². The predicted molar refractivity (Wildman–Crippen MR) is 104 cm³/mol. The van der Waals surface area contributed by atoms with E-state index >= 15 is 0 Å². The van der Waals surface area contributed by atoms with E-state index in [4.69, 9.17) is 8.37 Å². The SMILES string of the molecule is Oc1ccc(SOCc2cccc(COSc3ccc(O)cc3)c2)cc1. The monoisotopic (exact) mass is 386 g/mol. The number of phenolic OH excluding ortho intramolecular Hbond substituents is 2. The first kappa shape index (κ1) is 18.7. The van der Waals surface area contributed by atoms with Crippen molar-refractivity contribution in [1.82, 2.24) is 0 Å². The molecule has 0 aliphatic heterocycles. The molecule has 0 heterocycles. The summed E-state index contributed by atoms with van der Waals surface area (Å²) in [5, 5.41) is 18.5. The zero-order valence-corrected chi connectivity index (χ0v) is 15.5.